The predicted molar refractivity (Wildman–Crippen MR) is 70.8 cm³/mol. The van der Waals surface area contributed by atoms with Crippen molar-refractivity contribution in [1.29, 1.82) is 0 Å². The van der Waals surface area contributed by atoms with Gasteiger partial charge < -0.3 is 10.4 Å². The Hall–Kier alpha value is -2.43. The lowest BCUT2D eigenvalue weighted by atomic mass is 10.1. The van der Waals surface area contributed by atoms with Crippen LogP contribution >= 0.6 is 0 Å². The number of rotatable bonds is 4. The fourth-order valence-corrected chi connectivity index (χ4v) is 1.80. The van der Waals surface area contributed by atoms with Crippen molar-refractivity contribution in [2.45, 2.75) is 19.4 Å². The fraction of sp³-hybridized carbons (Fsp3) is 0.214. The first-order valence-electron chi connectivity index (χ1n) is 5.99. The standard InChI is InChI=1S/C14H15N3O2/c1-10(8-11-2-5-15-6-3-11)17-14(19)12-4-7-16-9-13(12)18/h2-7,9-10,18H,8H2,1H3,(H,17,19). The van der Waals surface area contributed by atoms with Gasteiger partial charge >= 0.3 is 0 Å². The van der Waals surface area contributed by atoms with Gasteiger partial charge in [0.05, 0.1) is 11.8 Å². The van der Waals surface area contributed by atoms with E-state index in [2.05, 4.69) is 15.3 Å². The van der Waals surface area contributed by atoms with E-state index in [1.54, 1.807) is 12.4 Å². The molecule has 0 saturated heterocycles. The van der Waals surface area contributed by atoms with Crippen LogP contribution in [0.4, 0.5) is 0 Å². The molecule has 2 heterocycles. The van der Waals surface area contributed by atoms with E-state index in [4.69, 9.17) is 0 Å². The van der Waals surface area contributed by atoms with Crippen LogP contribution in [-0.4, -0.2) is 27.0 Å². The minimum Gasteiger partial charge on any atom is -0.505 e. The van der Waals surface area contributed by atoms with Gasteiger partial charge in [-0.1, -0.05) is 0 Å². The van der Waals surface area contributed by atoms with E-state index in [1.807, 2.05) is 19.1 Å². The highest BCUT2D eigenvalue weighted by molar-refractivity contribution is 5.96. The van der Waals surface area contributed by atoms with Gasteiger partial charge in [-0.15, -0.1) is 0 Å². The average molecular weight is 257 g/mol. The van der Waals surface area contributed by atoms with E-state index >= 15 is 0 Å². The van der Waals surface area contributed by atoms with Crippen LogP contribution in [0, 0.1) is 0 Å². The molecule has 0 aliphatic carbocycles. The third-order valence-corrected chi connectivity index (χ3v) is 2.71. The summed E-state index contributed by atoms with van der Waals surface area (Å²) in [4.78, 5) is 19.6. The Morgan fingerprint density at radius 1 is 1.26 bits per heavy atom. The van der Waals surface area contributed by atoms with Crippen LogP contribution in [0.1, 0.15) is 22.8 Å². The van der Waals surface area contributed by atoms with Crippen molar-refractivity contribution in [2.24, 2.45) is 0 Å². The molecule has 0 fully saturated rings. The zero-order valence-corrected chi connectivity index (χ0v) is 10.6. The zero-order chi connectivity index (χ0) is 13.7. The van der Waals surface area contributed by atoms with Gasteiger partial charge in [-0.05, 0) is 37.1 Å². The van der Waals surface area contributed by atoms with Crippen molar-refractivity contribution in [2.75, 3.05) is 0 Å². The SMILES string of the molecule is CC(Cc1ccncc1)NC(=O)c1ccncc1O. The molecule has 0 radical (unpaired) electrons. The molecule has 1 unspecified atom stereocenters. The molecule has 98 valence electrons. The molecule has 5 heteroatoms. The van der Waals surface area contributed by atoms with Crippen molar-refractivity contribution < 1.29 is 9.90 Å². The molecule has 19 heavy (non-hydrogen) atoms. The Kier molecular flexibility index (Phi) is 4.07. The highest BCUT2D eigenvalue weighted by Crippen LogP contribution is 2.14. The molecule has 0 saturated carbocycles. The monoisotopic (exact) mass is 257 g/mol. The maximum absolute atomic E-state index is 12.0. The summed E-state index contributed by atoms with van der Waals surface area (Å²) < 4.78 is 0. The van der Waals surface area contributed by atoms with E-state index in [1.165, 1.54) is 18.5 Å². The summed E-state index contributed by atoms with van der Waals surface area (Å²) in [5, 5.41) is 12.4. The molecule has 2 N–H and O–H groups in total. The quantitative estimate of drug-likeness (QED) is 0.871. The van der Waals surface area contributed by atoms with Crippen LogP contribution < -0.4 is 5.32 Å². The Morgan fingerprint density at radius 2 is 1.95 bits per heavy atom. The van der Waals surface area contributed by atoms with Crippen molar-refractivity contribution >= 4 is 5.91 Å². The summed E-state index contributed by atoms with van der Waals surface area (Å²) in [5.41, 5.74) is 1.33. The van der Waals surface area contributed by atoms with E-state index in [-0.39, 0.29) is 23.3 Å². The lowest BCUT2D eigenvalue weighted by Gasteiger charge is -2.14. The first-order chi connectivity index (χ1) is 9.16. The van der Waals surface area contributed by atoms with Crippen LogP contribution in [0.3, 0.4) is 0 Å². The molecule has 0 bridgehead atoms. The summed E-state index contributed by atoms with van der Waals surface area (Å²) in [6.45, 7) is 1.91. The van der Waals surface area contributed by atoms with Crippen molar-refractivity contribution in [3.8, 4) is 5.75 Å². The number of aromatic nitrogens is 2. The summed E-state index contributed by atoms with van der Waals surface area (Å²) in [5.74, 6) is -0.419. The van der Waals surface area contributed by atoms with Gasteiger partial charge in [-0.25, -0.2) is 0 Å². The van der Waals surface area contributed by atoms with Gasteiger partial charge in [0.1, 0.15) is 5.75 Å². The third-order valence-electron chi connectivity index (χ3n) is 2.71. The molecular weight excluding hydrogens is 242 g/mol. The number of nitrogens with zero attached hydrogens (tertiary/aromatic N) is 2. The summed E-state index contributed by atoms with van der Waals surface area (Å²) >= 11 is 0. The second-order valence-corrected chi connectivity index (χ2v) is 4.33. The highest BCUT2D eigenvalue weighted by atomic mass is 16.3. The van der Waals surface area contributed by atoms with E-state index in [0.717, 1.165) is 5.56 Å². The van der Waals surface area contributed by atoms with Crippen molar-refractivity contribution in [1.82, 2.24) is 15.3 Å². The molecule has 0 aliphatic rings. The number of nitrogens with one attached hydrogen (secondary N) is 1. The fourth-order valence-electron chi connectivity index (χ4n) is 1.80. The van der Waals surface area contributed by atoms with E-state index < -0.39 is 0 Å². The third kappa shape index (κ3) is 3.51. The van der Waals surface area contributed by atoms with Crippen molar-refractivity contribution in [3.63, 3.8) is 0 Å². The van der Waals surface area contributed by atoms with Crippen LogP contribution in [0.15, 0.2) is 43.0 Å². The van der Waals surface area contributed by atoms with Gasteiger partial charge in [0.25, 0.3) is 5.91 Å². The van der Waals surface area contributed by atoms with Gasteiger partial charge in [-0.2, -0.15) is 0 Å². The first kappa shape index (κ1) is 13.0. The normalized spacial score (nSPS) is 11.8. The lowest BCUT2D eigenvalue weighted by Crippen LogP contribution is -2.34. The second kappa shape index (κ2) is 5.95. The Labute approximate surface area is 111 Å². The Balaban J connectivity index is 1.98. The number of hydrogen-bond donors (Lipinski definition) is 2. The minimum absolute atomic E-state index is 0.0394. The van der Waals surface area contributed by atoms with Crippen LogP contribution in [0.2, 0.25) is 0 Å². The zero-order valence-electron chi connectivity index (χ0n) is 10.6. The summed E-state index contributed by atoms with van der Waals surface area (Å²) in [6, 6.07) is 5.27. The molecular formula is C14H15N3O2. The smallest absolute Gasteiger partial charge is 0.255 e. The van der Waals surface area contributed by atoms with Gasteiger partial charge in [0.15, 0.2) is 0 Å². The number of amides is 1. The largest absolute Gasteiger partial charge is 0.505 e. The molecule has 2 aromatic rings. The predicted octanol–water partition coefficient (Wildman–Crippen LogP) is 1.54. The number of carbonyl (C=O) groups is 1. The van der Waals surface area contributed by atoms with Crippen LogP contribution in [0.5, 0.6) is 5.75 Å². The number of carbonyl (C=O) groups excluding carboxylic acids is 1. The van der Waals surface area contributed by atoms with Gasteiger partial charge in [0, 0.05) is 24.6 Å². The molecule has 0 aromatic carbocycles. The minimum atomic E-state index is -0.304. The molecule has 1 atom stereocenters. The summed E-state index contributed by atoms with van der Waals surface area (Å²) in [7, 11) is 0. The molecule has 2 aromatic heterocycles. The van der Waals surface area contributed by atoms with Crippen LogP contribution in [-0.2, 0) is 6.42 Å². The maximum Gasteiger partial charge on any atom is 0.255 e. The topological polar surface area (TPSA) is 75.1 Å². The van der Waals surface area contributed by atoms with E-state index in [9.17, 15) is 9.90 Å². The number of pyridine rings is 2. The molecule has 5 nitrogen and oxygen atoms in total. The number of aromatic hydroxyl groups is 1. The molecule has 2 rings (SSSR count). The Bertz CT molecular complexity index is 558. The maximum atomic E-state index is 12.0. The first-order valence-corrected chi connectivity index (χ1v) is 5.99. The Morgan fingerprint density at radius 3 is 2.63 bits per heavy atom. The molecule has 0 spiro atoms. The number of hydrogen-bond acceptors (Lipinski definition) is 4. The summed E-state index contributed by atoms with van der Waals surface area (Å²) in [6.07, 6.45) is 6.88. The van der Waals surface area contributed by atoms with E-state index in [0.29, 0.717) is 6.42 Å². The lowest BCUT2D eigenvalue weighted by molar-refractivity contribution is 0.0937. The van der Waals surface area contributed by atoms with Crippen molar-refractivity contribution in [3.05, 3.63) is 54.1 Å². The second-order valence-electron chi connectivity index (χ2n) is 4.33. The molecule has 0 aliphatic heterocycles. The average Bonchev–Trinajstić information content (AvgIpc) is 2.40. The highest BCUT2D eigenvalue weighted by Gasteiger charge is 2.13. The van der Waals surface area contributed by atoms with Gasteiger partial charge in [0.2, 0.25) is 0 Å². The molecule has 1 amide bonds. The van der Waals surface area contributed by atoms with Crippen LogP contribution in [0.25, 0.3) is 0 Å². The van der Waals surface area contributed by atoms with Gasteiger partial charge in [-0.3, -0.25) is 14.8 Å².